The molecule has 0 saturated carbocycles. The van der Waals surface area contributed by atoms with Gasteiger partial charge in [0.1, 0.15) is 11.3 Å². The normalized spacial score (nSPS) is 11.5. The molecule has 1 N–H and O–H groups in total. The number of sulfonamides is 1. The van der Waals surface area contributed by atoms with Crippen LogP contribution in [0.25, 0.3) is 33.4 Å². The minimum absolute atomic E-state index is 0.269. The molecular formula is C27H28N2O4S. The maximum atomic E-state index is 13.0. The first kappa shape index (κ1) is 23.6. The summed E-state index contributed by atoms with van der Waals surface area (Å²) in [4.78, 5) is 13.0. The van der Waals surface area contributed by atoms with Gasteiger partial charge in [-0.15, -0.1) is 0 Å². The zero-order valence-corrected chi connectivity index (χ0v) is 20.6. The number of furan rings is 1. The SMILES string of the molecule is CCCN(c1cc2oc(-c3ccc(C)cc3)c(C(=O)NC)c2cc1-c1ccccc1)S(C)(=O)=O. The number of anilines is 1. The van der Waals surface area contributed by atoms with Gasteiger partial charge >= 0.3 is 0 Å². The number of nitrogens with one attached hydrogen (secondary N) is 1. The lowest BCUT2D eigenvalue weighted by atomic mass is 9.98. The van der Waals surface area contributed by atoms with E-state index in [0.717, 1.165) is 16.7 Å². The first-order chi connectivity index (χ1) is 16.2. The summed E-state index contributed by atoms with van der Waals surface area (Å²) in [6.45, 7) is 4.26. The summed E-state index contributed by atoms with van der Waals surface area (Å²) in [7, 11) is -1.97. The number of hydrogen-bond acceptors (Lipinski definition) is 4. The highest BCUT2D eigenvalue weighted by Gasteiger charge is 2.26. The molecule has 0 bridgehead atoms. The maximum absolute atomic E-state index is 13.0. The van der Waals surface area contributed by atoms with Crippen LogP contribution in [0.15, 0.2) is 71.1 Å². The Bertz CT molecular complexity index is 1440. The fraction of sp³-hybridized carbons (Fsp3) is 0.222. The summed E-state index contributed by atoms with van der Waals surface area (Å²) in [6, 6.07) is 20.9. The van der Waals surface area contributed by atoms with E-state index in [-0.39, 0.29) is 5.91 Å². The van der Waals surface area contributed by atoms with Crippen molar-refractivity contribution in [3.05, 3.63) is 77.9 Å². The zero-order valence-electron chi connectivity index (χ0n) is 19.8. The van der Waals surface area contributed by atoms with Gasteiger partial charge in [0.15, 0.2) is 0 Å². The quantitative estimate of drug-likeness (QED) is 0.376. The molecule has 4 aromatic rings. The number of amides is 1. The van der Waals surface area contributed by atoms with E-state index in [4.69, 9.17) is 4.42 Å². The number of hydrogen-bond donors (Lipinski definition) is 1. The molecule has 0 radical (unpaired) electrons. The summed E-state index contributed by atoms with van der Waals surface area (Å²) in [5, 5.41) is 3.34. The Morgan fingerprint density at radius 1 is 1.00 bits per heavy atom. The Hall–Kier alpha value is -3.58. The van der Waals surface area contributed by atoms with Crippen molar-refractivity contribution in [2.75, 3.05) is 24.2 Å². The van der Waals surface area contributed by atoms with Crippen molar-refractivity contribution in [2.45, 2.75) is 20.3 Å². The van der Waals surface area contributed by atoms with Gasteiger partial charge in [0.2, 0.25) is 10.0 Å². The van der Waals surface area contributed by atoms with Gasteiger partial charge in [-0.3, -0.25) is 9.10 Å². The Morgan fingerprint density at radius 2 is 1.68 bits per heavy atom. The molecule has 0 aliphatic carbocycles. The lowest BCUT2D eigenvalue weighted by molar-refractivity contribution is 0.0964. The van der Waals surface area contributed by atoms with E-state index < -0.39 is 10.0 Å². The Kier molecular flexibility index (Phi) is 6.48. The van der Waals surface area contributed by atoms with E-state index >= 15 is 0 Å². The van der Waals surface area contributed by atoms with Crippen LogP contribution in [0.4, 0.5) is 5.69 Å². The van der Waals surface area contributed by atoms with E-state index in [9.17, 15) is 13.2 Å². The van der Waals surface area contributed by atoms with Crippen LogP contribution >= 0.6 is 0 Å². The zero-order chi connectivity index (χ0) is 24.5. The highest BCUT2D eigenvalue weighted by molar-refractivity contribution is 7.92. The molecule has 0 atom stereocenters. The van der Waals surface area contributed by atoms with E-state index in [0.29, 0.717) is 46.5 Å². The fourth-order valence-corrected chi connectivity index (χ4v) is 5.14. The molecule has 176 valence electrons. The van der Waals surface area contributed by atoms with Crippen LogP contribution in [0.2, 0.25) is 0 Å². The van der Waals surface area contributed by atoms with Gasteiger partial charge in [0.25, 0.3) is 5.91 Å². The minimum Gasteiger partial charge on any atom is -0.455 e. The van der Waals surface area contributed by atoms with Crippen molar-refractivity contribution < 1.29 is 17.6 Å². The minimum atomic E-state index is -3.55. The van der Waals surface area contributed by atoms with Crippen LogP contribution in [0.5, 0.6) is 0 Å². The van der Waals surface area contributed by atoms with Crippen molar-refractivity contribution in [1.82, 2.24) is 5.32 Å². The summed E-state index contributed by atoms with van der Waals surface area (Å²) >= 11 is 0. The van der Waals surface area contributed by atoms with Crippen molar-refractivity contribution in [3.63, 3.8) is 0 Å². The lowest BCUT2D eigenvalue weighted by Gasteiger charge is -2.24. The van der Waals surface area contributed by atoms with Gasteiger partial charge < -0.3 is 9.73 Å². The number of aryl methyl sites for hydroxylation is 1. The highest BCUT2D eigenvalue weighted by atomic mass is 32.2. The number of fused-ring (bicyclic) bond motifs is 1. The standard InChI is InChI=1S/C27H28N2O4S/c1-5-15-29(34(4,31)32)23-17-24-22(16-21(23)19-9-7-6-8-10-19)25(27(30)28-3)26(33-24)20-13-11-18(2)12-14-20/h6-14,16-17H,5,15H2,1-4H3,(H,28,30). The predicted molar refractivity (Wildman–Crippen MR) is 138 cm³/mol. The van der Waals surface area contributed by atoms with Crippen LogP contribution in [0, 0.1) is 6.92 Å². The molecule has 0 aliphatic heterocycles. The van der Waals surface area contributed by atoms with Gasteiger partial charge in [-0.1, -0.05) is 67.1 Å². The second kappa shape index (κ2) is 9.35. The first-order valence-corrected chi connectivity index (χ1v) is 13.0. The predicted octanol–water partition coefficient (Wildman–Crippen LogP) is 5.61. The number of carbonyl (C=O) groups excluding carboxylic acids is 1. The lowest BCUT2D eigenvalue weighted by Crippen LogP contribution is -2.31. The average molecular weight is 477 g/mol. The topological polar surface area (TPSA) is 79.6 Å². The second-order valence-corrected chi connectivity index (χ2v) is 10.2. The van der Waals surface area contributed by atoms with Gasteiger partial charge in [0, 0.05) is 36.2 Å². The van der Waals surface area contributed by atoms with Gasteiger partial charge in [-0.2, -0.15) is 0 Å². The van der Waals surface area contributed by atoms with E-state index in [2.05, 4.69) is 5.32 Å². The molecule has 6 nitrogen and oxygen atoms in total. The summed E-state index contributed by atoms with van der Waals surface area (Å²) < 4.78 is 33.1. The van der Waals surface area contributed by atoms with Crippen LogP contribution in [-0.4, -0.2) is 34.2 Å². The third kappa shape index (κ3) is 4.43. The molecule has 0 aliphatic rings. The Morgan fingerprint density at radius 3 is 2.26 bits per heavy atom. The Labute approximate surface area is 200 Å². The molecule has 7 heteroatoms. The highest BCUT2D eigenvalue weighted by Crippen LogP contribution is 2.41. The average Bonchev–Trinajstić information content (AvgIpc) is 3.20. The molecule has 0 spiro atoms. The smallest absolute Gasteiger partial charge is 0.255 e. The molecule has 3 aromatic carbocycles. The van der Waals surface area contributed by atoms with E-state index in [1.54, 1.807) is 13.1 Å². The largest absolute Gasteiger partial charge is 0.455 e. The molecule has 0 fully saturated rings. The summed E-state index contributed by atoms with van der Waals surface area (Å²) in [5.41, 5.74) is 4.84. The van der Waals surface area contributed by atoms with E-state index in [1.165, 1.54) is 10.6 Å². The van der Waals surface area contributed by atoms with Gasteiger partial charge in [-0.05, 0) is 25.0 Å². The van der Waals surface area contributed by atoms with Crippen molar-refractivity contribution in [1.29, 1.82) is 0 Å². The molecule has 1 heterocycles. The number of carbonyl (C=O) groups is 1. The molecular weight excluding hydrogens is 448 g/mol. The molecule has 1 amide bonds. The first-order valence-electron chi connectivity index (χ1n) is 11.2. The monoisotopic (exact) mass is 476 g/mol. The van der Waals surface area contributed by atoms with E-state index in [1.807, 2.05) is 74.5 Å². The van der Waals surface area contributed by atoms with Crippen molar-refractivity contribution in [3.8, 4) is 22.5 Å². The Balaban J connectivity index is 2.08. The summed E-state index contributed by atoms with van der Waals surface area (Å²) in [5.74, 6) is 0.182. The van der Waals surface area contributed by atoms with Crippen LogP contribution < -0.4 is 9.62 Å². The van der Waals surface area contributed by atoms with Crippen molar-refractivity contribution >= 4 is 32.6 Å². The second-order valence-electron chi connectivity index (χ2n) is 8.32. The van der Waals surface area contributed by atoms with Crippen LogP contribution in [0.1, 0.15) is 29.3 Å². The van der Waals surface area contributed by atoms with Crippen LogP contribution in [0.3, 0.4) is 0 Å². The van der Waals surface area contributed by atoms with Gasteiger partial charge in [0.05, 0.1) is 17.5 Å². The summed E-state index contributed by atoms with van der Waals surface area (Å²) in [6.07, 6.45) is 1.85. The number of rotatable bonds is 7. The molecule has 0 saturated heterocycles. The van der Waals surface area contributed by atoms with Crippen molar-refractivity contribution in [2.24, 2.45) is 0 Å². The number of benzene rings is 3. The number of nitrogens with zero attached hydrogens (tertiary/aromatic N) is 1. The molecule has 1 aromatic heterocycles. The fourth-order valence-electron chi connectivity index (χ4n) is 4.11. The molecule has 34 heavy (non-hydrogen) atoms. The molecule has 4 rings (SSSR count). The third-order valence-electron chi connectivity index (χ3n) is 5.75. The van der Waals surface area contributed by atoms with Crippen LogP contribution in [-0.2, 0) is 10.0 Å². The maximum Gasteiger partial charge on any atom is 0.255 e. The van der Waals surface area contributed by atoms with Gasteiger partial charge in [-0.25, -0.2) is 8.42 Å². The third-order valence-corrected chi connectivity index (χ3v) is 6.93. The molecule has 0 unspecified atom stereocenters.